The van der Waals surface area contributed by atoms with Gasteiger partial charge in [-0.3, -0.25) is 14.2 Å². The maximum atomic E-state index is 13.0. The van der Waals surface area contributed by atoms with E-state index in [1.54, 1.807) is 0 Å². The van der Waals surface area contributed by atoms with Crippen molar-refractivity contribution in [1.82, 2.24) is 9.55 Å². The highest BCUT2D eigenvalue weighted by atomic mass is 79.9. The van der Waals surface area contributed by atoms with Crippen molar-refractivity contribution in [3.05, 3.63) is 97.5 Å². The number of alkyl halides is 3. The molecule has 4 aromatic rings. The monoisotopic (exact) mass is 549 g/mol. The minimum atomic E-state index is -4.80. The van der Waals surface area contributed by atoms with Crippen molar-refractivity contribution in [2.75, 3.05) is 5.32 Å². The molecule has 0 spiro atoms. The average molecular weight is 550 g/mol. The zero-order valence-electron chi connectivity index (χ0n) is 17.2. The van der Waals surface area contributed by atoms with Gasteiger partial charge in [-0.05, 0) is 72.4 Å². The van der Waals surface area contributed by atoms with Gasteiger partial charge in [0.15, 0.2) is 4.77 Å². The van der Waals surface area contributed by atoms with Gasteiger partial charge < -0.3 is 15.0 Å². The highest BCUT2D eigenvalue weighted by Crippen LogP contribution is 2.24. The minimum absolute atomic E-state index is 0.204. The summed E-state index contributed by atoms with van der Waals surface area (Å²) >= 11 is 8.77. The Balaban J connectivity index is 1.57. The van der Waals surface area contributed by atoms with Crippen LogP contribution < -0.4 is 15.6 Å². The van der Waals surface area contributed by atoms with E-state index < -0.39 is 18.0 Å². The fourth-order valence-corrected chi connectivity index (χ4v) is 4.00. The number of nitrogens with one attached hydrogen (secondary N) is 2. The summed E-state index contributed by atoms with van der Waals surface area (Å²) in [6, 6.07) is 16.8. The molecule has 2 N–H and O–H groups in total. The van der Waals surface area contributed by atoms with E-state index in [4.69, 9.17) is 12.2 Å². The van der Waals surface area contributed by atoms with Crippen molar-refractivity contribution in [2.24, 2.45) is 0 Å². The quantitative estimate of drug-likeness (QED) is 0.298. The first-order chi connectivity index (χ1) is 16.1. The first-order valence-corrected chi connectivity index (χ1v) is 11.0. The zero-order chi connectivity index (χ0) is 24.5. The molecule has 34 heavy (non-hydrogen) atoms. The van der Waals surface area contributed by atoms with Crippen LogP contribution in [0.3, 0.4) is 0 Å². The summed E-state index contributed by atoms with van der Waals surface area (Å²) in [5.41, 5.74) is 1.49. The van der Waals surface area contributed by atoms with E-state index in [2.05, 4.69) is 31.0 Å². The first kappa shape index (κ1) is 23.7. The lowest BCUT2D eigenvalue weighted by molar-refractivity contribution is -0.274. The molecule has 0 atom stereocenters. The second-order valence-electron chi connectivity index (χ2n) is 7.24. The molecule has 0 aliphatic heterocycles. The van der Waals surface area contributed by atoms with Crippen molar-refractivity contribution in [1.29, 1.82) is 0 Å². The van der Waals surface area contributed by atoms with Gasteiger partial charge in [0.2, 0.25) is 0 Å². The topological polar surface area (TPSA) is 76.1 Å². The maximum absolute atomic E-state index is 13.0. The van der Waals surface area contributed by atoms with Gasteiger partial charge in [-0.25, -0.2) is 0 Å². The summed E-state index contributed by atoms with van der Waals surface area (Å²) in [5.74, 6) is -0.910. The number of H-pyrrole nitrogens is 1. The SMILES string of the molecule is O=C(Nc1ccc(OC(F)(F)F)cc1)c1ccc2c(=O)n(Cc3cccc(Br)c3)c(=S)[nH]c2c1. The maximum Gasteiger partial charge on any atom is 0.573 e. The molecule has 1 heterocycles. The number of ether oxygens (including phenoxy) is 1. The van der Waals surface area contributed by atoms with Crippen molar-refractivity contribution in [2.45, 2.75) is 12.9 Å². The Kier molecular flexibility index (Phi) is 6.58. The summed E-state index contributed by atoms with van der Waals surface area (Å²) in [5, 5.41) is 2.94. The number of carbonyl (C=O) groups excluding carboxylic acids is 1. The van der Waals surface area contributed by atoms with Gasteiger partial charge in [0.1, 0.15) is 5.75 Å². The third-order valence-electron chi connectivity index (χ3n) is 4.82. The number of rotatable bonds is 5. The van der Waals surface area contributed by atoms with E-state index in [9.17, 15) is 22.8 Å². The number of benzene rings is 3. The molecule has 4 rings (SSSR count). The van der Waals surface area contributed by atoms with E-state index in [-0.39, 0.29) is 28.1 Å². The molecule has 6 nitrogen and oxygen atoms in total. The molecule has 11 heteroatoms. The summed E-state index contributed by atoms with van der Waals surface area (Å²) < 4.78 is 43.2. The predicted octanol–water partition coefficient (Wildman–Crippen LogP) is 6.02. The molecule has 0 fully saturated rings. The van der Waals surface area contributed by atoms with E-state index in [1.165, 1.54) is 34.9 Å². The number of aromatic amines is 1. The number of hydrogen-bond donors (Lipinski definition) is 2. The fraction of sp³-hybridized carbons (Fsp3) is 0.0870. The predicted molar refractivity (Wildman–Crippen MR) is 128 cm³/mol. The van der Waals surface area contributed by atoms with Crippen LogP contribution in [0.1, 0.15) is 15.9 Å². The zero-order valence-corrected chi connectivity index (χ0v) is 19.6. The molecule has 0 bridgehead atoms. The second kappa shape index (κ2) is 9.43. The highest BCUT2D eigenvalue weighted by molar-refractivity contribution is 9.10. The van der Waals surface area contributed by atoms with Crippen molar-refractivity contribution in [3.63, 3.8) is 0 Å². The molecular weight excluding hydrogens is 535 g/mol. The summed E-state index contributed by atoms with van der Waals surface area (Å²) in [4.78, 5) is 28.6. The highest BCUT2D eigenvalue weighted by Gasteiger charge is 2.31. The Morgan fingerprint density at radius 2 is 1.82 bits per heavy atom. The summed E-state index contributed by atoms with van der Waals surface area (Å²) in [7, 11) is 0. The van der Waals surface area contributed by atoms with Crippen LogP contribution in [0.2, 0.25) is 0 Å². The lowest BCUT2D eigenvalue weighted by atomic mass is 10.1. The van der Waals surface area contributed by atoms with Gasteiger partial charge in [-0.2, -0.15) is 0 Å². The van der Waals surface area contributed by atoms with Crippen LogP contribution in [0.5, 0.6) is 5.75 Å². The third-order valence-corrected chi connectivity index (χ3v) is 5.64. The Hall–Kier alpha value is -3.44. The number of hydrogen-bond acceptors (Lipinski definition) is 4. The number of aromatic nitrogens is 2. The summed E-state index contributed by atoms with van der Waals surface area (Å²) in [6.45, 7) is 0.278. The van der Waals surface area contributed by atoms with E-state index >= 15 is 0 Å². The molecular formula is C23H15BrF3N3O3S. The Morgan fingerprint density at radius 3 is 2.50 bits per heavy atom. The van der Waals surface area contributed by atoms with Gasteiger partial charge in [-0.15, -0.1) is 13.2 Å². The van der Waals surface area contributed by atoms with Crippen molar-refractivity contribution < 1.29 is 22.7 Å². The molecule has 0 aliphatic rings. The van der Waals surface area contributed by atoms with Gasteiger partial charge in [0, 0.05) is 15.7 Å². The van der Waals surface area contributed by atoms with E-state index in [0.717, 1.165) is 22.2 Å². The minimum Gasteiger partial charge on any atom is -0.406 e. The Labute approximate surface area is 204 Å². The van der Waals surface area contributed by atoms with Gasteiger partial charge in [0.25, 0.3) is 11.5 Å². The molecule has 1 aromatic heterocycles. The number of carbonyl (C=O) groups is 1. The fourth-order valence-electron chi connectivity index (χ4n) is 3.30. The largest absolute Gasteiger partial charge is 0.573 e. The molecule has 0 saturated carbocycles. The molecule has 0 aliphatic carbocycles. The van der Waals surface area contributed by atoms with Crippen LogP contribution in [-0.2, 0) is 6.54 Å². The molecule has 3 aromatic carbocycles. The van der Waals surface area contributed by atoms with Gasteiger partial charge in [-0.1, -0.05) is 28.1 Å². The van der Waals surface area contributed by atoms with Crippen LogP contribution in [0.15, 0.2) is 76.0 Å². The molecule has 174 valence electrons. The lowest BCUT2D eigenvalue weighted by Gasteiger charge is -2.11. The van der Waals surface area contributed by atoms with Crippen molar-refractivity contribution in [3.8, 4) is 5.75 Å². The second-order valence-corrected chi connectivity index (χ2v) is 8.54. The standard InChI is InChI=1S/C23H15BrF3N3O3S/c24-15-3-1-2-13(10-15)12-30-21(32)18-9-4-14(11-19(18)29-22(30)34)20(31)28-16-5-7-17(8-6-16)33-23(25,26)27/h1-11H,12H2,(H,28,31)(H,29,34). The number of amides is 1. The van der Waals surface area contributed by atoms with Crippen LogP contribution in [-0.4, -0.2) is 21.8 Å². The number of fused-ring (bicyclic) bond motifs is 1. The van der Waals surface area contributed by atoms with Crippen molar-refractivity contribution >= 4 is 50.6 Å². The van der Waals surface area contributed by atoms with Crippen LogP contribution in [0.25, 0.3) is 10.9 Å². The Morgan fingerprint density at radius 1 is 1.09 bits per heavy atom. The van der Waals surface area contributed by atoms with E-state index in [1.807, 2.05) is 24.3 Å². The number of anilines is 1. The molecule has 0 saturated heterocycles. The first-order valence-electron chi connectivity index (χ1n) is 9.77. The van der Waals surface area contributed by atoms with Crippen LogP contribution in [0.4, 0.5) is 18.9 Å². The van der Waals surface area contributed by atoms with Crippen LogP contribution in [0, 0.1) is 4.77 Å². The molecule has 0 unspecified atom stereocenters. The Bertz CT molecular complexity index is 1500. The summed E-state index contributed by atoms with van der Waals surface area (Å²) in [6.07, 6.45) is -4.80. The molecule has 1 amide bonds. The average Bonchev–Trinajstić information content (AvgIpc) is 2.76. The van der Waals surface area contributed by atoms with Gasteiger partial charge in [0.05, 0.1) is 17.4 Å². The number of halogens is 4. The normalized spacial score (nSPS) is 11.4. The smallest absolute Gasteiger partial charge is 0.406 e. The van der Waals surface area contributed by atoms with Gasteiger partial charge >= 0.3 is 6.36 Å². The molecule has 0 radical (unpaired) electrons. The van der Waals surface area contributed by atoms with E-state index in [0.29, 0.717) is 10.9 Å². The third kappa shape index (κ3) is 5.54. The lowest BCUT2D eigenvalue weighted by Crippen LogP contribution is -2.23. The van der Waals surface area contributed by atoms with Crippen LogP contribution >= 0.6 is 28.1 Å². The number of nitrogens with zero attached hydrogens (tertiary/aromatic N) is 1.